The van der Waals surface area contributed by atoms with Gasteiger partial charge in [-0.05, 0) is 47.2 Å². The smallest absolute Gasteiger partial charge is 0.251 e. The van der Waals surface area contributed by atoms with Gasteiger partial charge in [0.15, 0.2) is 0 Å². The van der Waals surface area contributed by atoms with E-state index in [1.54, 1.807) is 10.6 Å². The van der Waals surface area contributed by atoms with E-state index in [1.165, 1.54) is 5.56 Å². The first-order valence-electron chi connectivity index (χ1n) is 13.9. The van der Waals surface area contributed by atoms with Crippen LogP contribution in [0.2, 0.25) is 0 Å². The molecule has 0 bridgehead atoms. The molecular weight excluding hydrogens is 498 g/mol. The minimum Gasteiger partial charge on any atom is -0.488 e. The van der Waals surface area contributed by atoms with E-state index >= 15 is 0 Å². The normalized spacial score (nSPS) is 17.0. The van der Waals surface area contributed by atoms with E-state index in [0.717, 1.165) is 65.8 Å². The molecule has 1 N–H and O–H groups in total. The van der Waals surface area contributed by atoms with Crippen molar-refractivity contribution in [2.75, 3.05) is 0 Å². The molecule has 0 spiro atoms. The van der Waals surface area contributed by atoms with E-state index in [4.69, 9.17) is 4.74 Å². The zero-order chi connectivity index (χ0) is 27.3. The fraction of sp³-hybridized carbons (Fsp3) is 0.235. The van der Waals surface area contributed by atoms with Gasteiger partial charge in [-0.3, -0.25) is 9.48 Å². The number of benzene rings is 3. The van der Waals surface area contributed by atoms with Gasteiger partial charge in [0, 0.05) is 29.6 Å². The largest absolute Gasteiger partial charge is 0.488 e. The highest BCUT2D eigenvalue weighted by Crippen LogP contribution is 2.32. The van der Waals surface area contributed by atoms with E-state index in [-0.39, 0.29) is 11.6 Å². The van der Waals surface area contributed by atoms with Crippen LogP contribution in [0.4, 0.5) is 0 Å². The molecule has 6 rings (SSSR count). The molecule has 0 amide bonds. The fourth-order valence-electron chi connectivity index (χ4n) is 5.50. The molecule has 0 saturated heterocycles. The van der Waals surface area contributed by atoms with E-state index in [2.05, 4.69) is 47.7 Å². The van der Waals surface area contributed by atoms with Crippen LogP contribution in [0.1, 0.15) is 42.9 Å². The molecule has 6 nitrogen and oxygen atoms in total. The number of aliphatic hydroxyl groups is 1. The molecule has 2 heterocycles. The first-order chi connectivity index (χ1) is 19.6. The summed E-state index contributed by atoms with van der Waals surface area (Å²) in [6.07, 6.45) is 8.93. The van der Waals surface area contributed by atoms with Crippen LogP contribution in [0.5, 0.6) is 5.75 Å². The molecule has 2 atom stereocenters. The summed E-state index contributed by atoms with van der Waals surface area (Å²) in [6, 6.07) is 29.9. The van der Waals surface area contributed by atoms with Gasteiger partial charge in [0.05, 0.1) is 24.9 Å². The van der Waals surface area contributed by atoms with Gasteiger partial charge in [-0.25, -0.2) is 0 Å². The Kier molecular flexibility index (Phi) is 7.60. The molecule has 1 saturated carbocycles. The second-order valence-electron chi connectivity index (χ2n) is 10.5. The predicted octanol–water partition coefficient (Wildman–Crippen LogP) is 6.48. The maximum absolute atomic E-state index is 13.0. The summed E-state index contributed by atoms with van der Waals surface area (Å²) in [5.41, 5.74) is 6.03. The number of nitrogens with zero attached hydrogens (tertiary/aromatic N) is 3. The Morgan fingerprint density at radius 3 is 2.40 bits per heavy atom. The standard InChI is InChI=1S/C34H33N3O3/c38-32-12-6-5-11-31(32)37-19-18-28(20-34(37)39)30-10-4-7-13-33(30)40-24-26-14-16-27(17-15-26)29-21-35-36(23-29)22-25-8-2-1-3-9-25/h1-4,7-10,13-21,23,31-32,38H,5-6,11-12,22,24H2/t31-,32-/m0/s1. The quantitative estimate of drug-likeness (QED) is 0.249. The lowest BCUT2D eigenvalue weighted by atomic mass is 9.92. The zero-order valence-corrected chi connectivity index (χ0v) is 22.4. The molecule has 0 radical (unpaired) electrons. The number of hydrogen-bond acceptors (Lipinski definition) is 4. The molecule has 40 heavy (non-hydrogen) atoms. The maximum atomic E-state index is 13.0. The summed E-state index contributed by atoms with van der Waals surface area (Å²) in [5, 5.41) is 14.9. The second-order valence-corrected chi connectivity index (χ2v) is 10.5. The molecule has 5 aromatic rings. The topological polar surface area (TPSA) is 69.3 Å². The number of aromatic nitrogens is 3. The van der Waals surface area contributed by atoms with Crippen molar-refractivity contribution in [1.29, 1.82) is 0 Å². The van der Waals surface area contributed by atoms with Crippen LogP contribution in [-0.2, 0) is 13.2 Å². The van der Waals surface area contributed by atoms with Gasteiger partial charge in [0.2, 0.25) is 0 Å². The lowest BCUT2D eigenvalue weighted by Crippen LogP contribution is -2.34. The molecule has 1 fully saturated rings. The highest BCUT2D eigenvalue weighted by Gasteiger charge is 2.25. The minimum absolute atomic E-state index is 0.0964. The average Bonchev–Trinajstić information content (AvgIpc) is 3.46. The highest BCUT2D eigenvalue weighted by atomic mass is 16.5. The Balaban J connectivity index is 1.13. The lowest BCUT2D eigenvalue weighted by Gasteiger charge is -2.29. The van der Waals surface area contributed by atoms with Gasteiger partial charge >= 0.3 is 0 Å². The van der Waals surface area contributed by atoms with Gasteiger partial charge in [-0.15, -0.1) is 0 Å². The van der Waals surface area contributed by atoms with Crippen molar-refractivity contribution in [2.45, 2.75) is 51.0 Å². The maximum Gasteiger partial charge on any atom is 0.251 e. The number of ether oxygens (including phenoxy) is 1. The lowest BCUT2D eigenvalue weighted by molar-refractivity contribution is 0.0738. The Labute approximate surface area is 234 Å². The highest BCUT2D eigenvalue weighted by molar-refractivity contribution is 5.70. The van der Waals surface area contributed by atoms with Crippen LogP contribution in [0.3, 0.4) is 0 Å². The number of para-hydroxylation sites is 1. The molecule has 1 aliphatic carbocycles. The fourth-order valence-corrected chi connectivity index (χ4v) is 5.50. The van der Waals surface area contributed by atoms with Crippen LogP contribution in [0.25, 0.3) is 22.3 Å². The van der Waals surface area contributed by atoms with Gasteiger partial charge in [-0.2, -0.15) is 5.10 Å². The summed E-state index contributed by atoms with van der Waals surface area (Å²) in [5.74, 6) is 0.726. The van der Waals surface area contributed by atoms with Crippen molar-refractivity contribution in [3.8, 4) is 28.0 Å². The van der Waals surface area contributed by atoms with Crippen LogP contribution < -0.4 is 10.3 Å². The van der Waals surface area contributed by atoms with Gasteiger partial charge in [-0.1, -0.05) is 85.6 Å². The molecule has 202 valence electrons. The molecule has 3 aromatic carbocycles. The third-order valence-corrected chi connectivity index (χ3v) is 7.70. The van der Waals surface area contributed by atoms with Crippen molar-refractivity contribution in [3.63, 3.8) is 0 Å². The molecule has 0 aliphatic heterocycles. The monoisotopic (exact) mass is 531 g/mol. The average molecular weight is 532 g/mol. The Morgan fingerprint density at radius 1 is 0.825 bits per heavy atom. The van der Waals surface area contributed by atoms with Crippen molar-refractivity contribution < 1.29 is 9.84 Å². The van der Waals surface area contributed by atoms with Gasteiger partial charge in [0.1, 0.15) is 12.4 Å². The van der Waals surface area contributed by atoms with Crippen molar-refractivity contribution in [3.05, 3.63) is 131 Å². The van der Waals surface area contributed by atoms with Crippen LogP contribution in [0.15, 0.2) is 114 Å². The van der Waals surface area contributed by atoms with Crippen LogP contribution in [-0.4, -0.2) is 25.6 Å². The van der Waals surface area contributed by atoms with E-state index in [9.17, 15) is 9.90 Å². The van der Waals surface area contributed by atoms with Gasteiger partial charge in [0.25, 0.3) is 5.56 Å². The van der Waals surface area contributed by atoms with E-state index in [0.29, 0.717) is 6.61 Å². The van der Waals surface area contributed by atoms with Crippen LogP contribution >= 0.6 is 0 Å². The number of pyridine rings is 1. The van der Waals surface area contributed by atoms with Crippen molar-refractivity contribution >= 4 is 0 Å². The predicted molar refractivity (Wildman–Crippen MR) is 157 cm³/mol. The first kappa shape index (κ1) is 25.8. The number of rotatable bonds is 8. The summed E-state index contributed by atoms with van der Waals surface area (Å²) in [7, 11) is 0. The van der Waals surface area contributed by atoms with E-state index < -0.39 is 6.10 Å². The third-order valence-electron chi connectivity index (χ3n) is 7.70. The van der Waals surface area contributed by atoms with Crippen molar-refractivity contribution in [1.82, 2.24) is 14.3 Å². The Bertz CT molecular complexity index is 1620. The molecule has 0 unspecified atom stereocenters. The molecule has 2 aromatic heterocycles. The number of aliphatic hydroxyl groups excluding tert-OH is 1. The third kappa shape index (κ3) is 5.77. The Morgan fingerprint density at radius 2 is 1.60 bits per heavy atom. The Hall–Kier alpha value is -4.42. The molecular formula is C34H33N3O3. The summed E-state index contributed by atoms with van der Waals surface area (Å²) in [4.78, 5) is 13.0. The van der Waals surface area contributed by atoms with E-state index in [1.807, 2.05) is 65.6 Å². The van der Waals surface area contributed by atoms with Crippen LogP contribution in [0, 0.1) is 0 Å². The summed E-state index contributed by atoms with van der Waals surface area (Å²) >= 11 is 0. The number of hydrogen-bond donors (Lipinski definition) is 1. The first-order valence-corrected chi connectivity index (χ1v) is 13.9. The van der Waals surface area contributed by atoms with Gasteiger partial charge < -0.3 is 14.4 Å². The summed E-state index contributed by atoms with van der Waals surface area (Å²) < 4.78 is 9.87. The molecule has 1 aliphatic rings. The zero-order valence-electron chi connectivity index (χ0n) is 22.4. The SMILES string of the molecule is O=c1cc(-c2ccccc2OCc2ccc(-c3cnn(Cc4ccccc4)c3)cc2)ccn1[C@H]1CCCC[C@@H]1O. The van der Waals surface area contributed by atoms with Crippen molar-refractivity contribution in [2.24, 2.45) is 0 Å². The minimum atomic E-state index is -0.468. The second kappa shape index (κ2) is 11.8. The summed E-state index contributed by atoms with van der Waals surface area (Å²) in [6.45, 7) is 1.15. The molecule has 6 heteroatoms.